The highest BCUT2D eigenvalue weighted by atomic mass is 32.1. The van der Waals surface area contributed by atoms with E-state index in [1.54, 1.807) is 20.4 Å². The van der Waals surface area contributed by atoms with Crippen molar-refractivity contribution >= 4 is 23.0 Å². The summed E-state index contributed by atoms with van der Waals surface area (Å²) in [6.45, 7) is 7.24. The van der Waals surface area contributed by atoms with Crippen LogP contribution in [0.4, 0.5) is 5.69 Å². The highest BCUT2D eigenvalue weighted by Gasteiger charge is 2.26. The minimum Gasteiger partial charge on any atom is -0.497 e. The van der Waals surface area contributed by atoms with Crippen molar-refractivity contribution in [2.24, 2.45) is 5.41 Å². The van der Waals surface area contributed by atoms with E-state index >= 15 is 0 Å². The summed E-state index contributed by atoms with van der Waals surface area (Å²) in [5, 5.41) is 11.4. The predicted octanol–water partition coefficient (Wildman–Crippen LogP) is 3.30. The number of ether oxygens (including phenoxy) is 2. The molecule has 136 valence electrons. The van der Waals surface area contributed by atoms with Gasteiger partial charge in [0.2, 0.25) is 0 Å². The molecule has 1 heterocycles. The molecule has 0 aliphatic carbocycles. The van der Waals surface area contributed by atoms with Crippen molar-refractivity contribution in [2.75, 3.05) is 19.5 Å². The summed E-state index contributed by atoms with van der Waals surface area (Å²) in [5.74, 6) is 1.40. The Bertz CT molecular complexity index is 673. The van der Waals surface area contributed by atoms with Gasteiger partial charge in [0.05, 0.1) is 26.8 Å². The van der Waals surface area contributed by atoms with Gasteiger partial charge in [0, 0.05) is 36.3 Å². The summed E-state index contributed by atoms with van der Waals surface area (Å²) in [5.41, 5.74) is 0.810. The van der Waals surface area contributed by atoms with Crippen LogP contribution in [0.3, 0.4) is 0 Å². The number of aromatic nitrogens is 2. The lowest BCUT2D eigenvalue weighted by Crippen LogP contribution is -2.48. The summed E-state index contributed by atoms with van der Waals surface area (Å²) in [6, 6.07) is 7.59. The Labute approximate surface area is 154 Å². The zero-order chi connectivity index (χ0) is 18.4. The van der Waals surface area contributed by atoms with Gasteiger partial charge in [-0.2, -0.15) is 5.10 Å². The number of rotatable bonds is 6. The Morgan fingerprint density at radius 3 is 2.32 bits per heavy atom. The van der Waals surface area contributed by atoms with E-state index in [9.17, 15) is 0 Å². The second-order valence-electron chi connectivity index (χ2n) is 6.85. The van der Waals surface area contributed by atoms with Crippen molar-refractivity contribution in [1.29, 1.82) is 0 Å². The highest BCUT2D eigenvalue weighted by Crippen LogP contribution is 2.26. The number of hydrogen-bond acceptors (Lipinski definition) is 4. The summed E-state index contributed by atoms with van der Waals surface area (Å²) in [6.07, 6.45) is 3.72. The Morgan fingerprint density at radius 1 is 1.20 bits per heavy atom. The number of nitrogens with zero attached hydrogens (tertiary/aromatic N) is 2. The van der Waals surface area contributed by atoms with Crippen LogP contribution in [0.15, 0.2) is 36.7 Å². The molecule has 25 heavy (non-hydrogen) atoms. The monoisotopic (exact) mass is 362 g/mol. The molecule has 0 aliphatic rings. The van der Waals surface area contributed by atoms with Crippen LogP contribution >= 0.6 is 12.2 Å². The molecule has 1 aromatic heterocycles. The van der Waals surface area contributed by atoms with Crippen molar-refractivity contribution in [3.8, 4) is 11.5 Å². The van der Waals surface area contributed by atoms with Gasteiger partial charge in [-0.05, 0) is 23.7 Å². The molecule has 0 fully saturated rings. The van der Waals surface area contributed by atoms with Gasteiger partial charge in [-0.1, -0.05) is 20.8 Å². The third-order valence-corrected chi connectivity index (χ3v) is 4.11. The number of hydrogen-bond donors (Lipinski definition) is 2. The number of benzene rings is 1. The quantitative estimate of drug-likeness (QED) is 0.769. The molecule has 1 aromatic carbocycles. The van der Waals surface area contributed by atoms with E-state index in [0.29, 0.717) is 16.6 Å². The fourth-order valence-corrected chi connectivity index (χ4v) is 2.60. The third kappa shape index (κ3) is 5.63. The normalized spacial score (nSPS) is 12.4. The first-order valence-corrected chi connectivity index (χ1v) is 8.50. The molecule has 0 amide bonds. The van der Waals surface area contributed by atoms with E-state index in [1.807, 2.05) is 35.1 Å². The SMILES string of the molecule is COc1cc(NC(=S)NC(Cn2cccn2)C(C)(C)C)cc(OC)c1. The topological polar surface area (TPSA) is 60.3 Å². The maximum absolute atomic E-state index is 5.50. The van der Waals surface area contributed by atoms with Crippen LogP contribution in [-0.4, -0.2) is 35.2 Å². The van der Waals surface area contributed by atoms with Crippen molar-refractivity contribution in [3.63, 3.8) is 0 Å². The lowest BCUT2D eigenvalue weighted by atomic mass is 9.87. The molecule has 0 aliphatic heterocycles. The van der Waals surface area contributed by atoms with Gasteiger partial charge in [0.15, 0.2) is 5.11 Å². The molecule has 0 spiro atoms. The smallest absolute Gasteiger partial charge is 0.171 e. The Kier molecular flexibility index (Phi) is 6.25. The van der Waals surface area contributed by atoms with Crippen LogP contribution in [0.2, 0.25) is 0 Å². The van der Waals surface area contributed by atoms with Crippen LogP contribution in [0.1, 0.15) is 20.8 Å². The molecular formula is C18H26N4O2S. The van der Waals surface area contributed by atoms with Crippen LogP contribution in [-0.2, 0) is 6.54 Å². The zero-order valence-corrected chi connectivity index (χ0v) is 16.2. The molecule has 0 saturated heterocycles. The van der Waals surface area contributed by atoms with Gasteiger partial charge in [-0.25, -0.2) is 0 Å². The van der Waals surface area contributed by atoms with Crippen LogP contribution in [0.25, 0.3) is 0 Å². The molecule has 2 N–H and O–H groups in total. The van der Waals surface area contributed by atoms with Crippen LogP contribution in [0, 0.1) is 5.41 Å². The average Bonchev–Trinajstić information content (AvgIpc) is 3.06. The number of nitrogens with one attached hydrogen (secondary N) is 2. The van der Waals surface area contributed by atoms with Gasteiger partial charge in [-0.3, -0.25) is 4.68 Å². The van der Waals surface area contributed by atoms with Gasteiger partial charge in [0.1, 0.15) is 11.5 Å². The molecule has 1 atom stereocenters. The second-order valence-corrected chi connectivity index (χ2v) is 7.25. The van der Waals surface area contributed by atoms with E-state index in [2.05, 4.69) is 36.5 Å². The minimum atomic E-state index is 0.00373. The first-order valence-electron chi connectivity index (χ1n) is 8.10. The molecule has 0 saturated carbocycles. The largest absolute Gasteiger partial charge is 0.497 e. The average molecular weight is 362 g/mol. The minimum absolute atomic E-state index is 0.00373. The van der Waals surface area contributed by atoms with E-state index in [4.69, 9.17) is 21.7 Å². The van der Waals surface area contributed by atoms with Crippen molar-refractivity contribution < 1.29 is 9.47 Å². The molecule has 6 nitrogen and oxygen atoms in total. The first-order chi connectivity index (χ1) is 11.8. The summed E-state index contributed by atoms with van der Waals surface area (Å²) in [7, 11) is 3.24. The van der Waals surface area contributed by atoms with Crippen LogP contribution in [0.5, 0.6) is 11.5 Å². The van der Waals surface area contributed by atoms with Crippen molar-refractivity contribution in [2.45, 2.75) is 33.4 Å². The van der Waals surface area contributed by atoms with E-state index in [1.165, 1.54) is 0 Å². The third-order valence-electron chi connectivity index (χ3n) is 3.89. The van der Waals surface area contributed by atoms with E-state index < -0.39 is 0 Å². The molecule has 0 bridgehead atoms. The van der Waals surface area contributed by atoms with Crippen molar-refractivity contribution in [1.82, 2.24) is 15.1 Å². The van der Waals surface area contributed by atoms with Gasteiger partial charge >= 0.3 is 0 Å². The summed E-state index contributed by atoms with van der Waals surface area (Å²) in [4.78, 5) is 0. The standard InChI is InChI=1S/C18H26N4O2S/c1-18(2,3)16(12-22-8-6-7-19-22)21-17(25)20-13-9-14(23-4)11-15(10-13)24-5/h6-11,16H,12H2,1-5H3,(H2,20,21,25). The molecule has 2 rings (SSSR count). The fraction of sp³-hybridized carbons (Fsp3) is 0.444. The number of thiocarbonyl (C=S) groups is 1. The number of methoxy groups -OCH3 is 2. The van der Waals surface area contributed by atoms with Gasteiger partial charge < -0.3 is 20.1 Å². The van der Waals surface area contributed by atoms with Gasteiger partial charge in [0.25, 0.3) is 0 Å². The Hall–Kier alpha value is -2.28. The van der Waals surface area contributed by atoms with Crippen LogP contribution < -0.4 is 20.1 Å². The highest BCUT2D eigenvalue weighted by molar-refractivity contribution is 7.80. The fourth-order valence-electron chi connectivity index (χ4n) is 2.34. The second kappa shape index (κ2) is 8.20. The summed E-state index contributed by atoms with van der Waals surface area (Å²) < 4.78 is 12.5. The zero-order valence-electron chi connectivity index (χ0n) is 15.4. The lowest BCUT2D eigenvalue weighted by molar-refractivity contribution is 0.262. The van der Waals surface area contributed by atoms with Crippen molar-refractivity contribution in [3.05, 3.63) is 36.7 Å². The predicted molar refractivity (Wildman–Crippen MR) is 104 cm³/mol. The Balaban J connectivity index is 2.08. The first kappa shape index (κ1) is 19.1. The lowest BCUT2D eigenvalue weighted by Gasteiger charge is -2.32. The van der Waals surface area contributed by atoms with E-state index in [-0.39, 0.29) is 11.5 Å². The molecular weight excluding hydrogens is 336 g/mol. The van der Waals surface area contributed by atoms with E-state index in [0.717, 1.165) is 12.2 Å². The maximum Gasteiger partial charge on any atom is 0.171 e. The Morgan fingerprint density at radius 2 is 1.84 bits per heavy atom. The molecule has 7 heteroatoms. The van der Waals surface area contributed by atoms with Gasteiger partial charge in [-0.15, -0.1) is 0 Å². The maximum atomic E-state index is 5.50. The number of anilines is 1. The molecule has 0 radical (unpaired) electrons. The molecule has 2 aromatic rings. The summed E-state index contributed by atoms with van der Waals surface area (Å²) >= 11 is 5.50. The molecule has 1 unspecified atom stereocenters.